The van der Waals surface area contributed by atoms with Crippen molar-refractivity contribution in [3.8, 4) is 0 Å². The number of ether oxygens (including phenoxy) is 1. The first-order valence-electron chi connectivity index (χ1n) is 9.90. The van der Waals surface area contributed by atoms with Gasteiger partial charge in [0.15, 0.2) is 0 Å². The lowest BCUT2D eigenvalue weighted by Gasteiger charge is -2.58. The van der Waals surface area contributed by atoms with E-state index in [0.29, 0.717) is 17.4 Å². The van der Waals surface area contributed by atoms with Crippen LogP contribution in [0.5, 0.6) is 0 Å². The first-order chi connectivity index (χ1) is 11.8. The van der Waals surface area contributed by atoms with Gasteiger partial charge in [-0.3, -0.25) is 0 Å². The molecule has 2 fully saturated rings. The molecule has 3 heteroatoms. The second kappa shape index (κ2) is 5.75. The summed E-state index contributed by atoms with van der Waals surface area (Å²) in [6, 6.07) is 7.28. The van der Waals surface area contributed by atoms with Crippen molar-refractivity contribution in [3.05, 3.63) is 34.9 Å². The number of benzene rings is 1. The normalized spacial score (nSPS) is 31.1. The van der Waals surface area contributed by atoms with Crippen molar-refractivity contribution in [1.29, 1.82) is 0 Å². The van der Waals surface area contributed by atoms with Crippen molar-refractivity contribution in [2.75, 3.05) is 6.54 Å². The Morgan fingerprint density at radius 3 is 2.80 bits per heavy atom. The summed E-state index contributed by atoms with van der Waals surface area (Å²) >= 11 is 0. The summed E-state index contributed by atoms with van der Waals surface area (Å²) in [5.41, 5.74) is 4.29. The molecule has 1 heterocycles. The lowest BCUT2D eigenvalue weighted by Crippen LogP contribution is -2.62. The second-order valence-electron chi connectivity index (χ2n) is 9.36. The number of fused-ring (bicyclic) bond motifs is 1. The average Bonchev–Trinajstić information content (AvgIpc) is 2.54. The van der Waals surface area contributed by atoms with Gasteiger partial charge in [0.1, 0.15) is 5.60 Å². The Labute approximate surface area is 151 Å². The molecule has 1 aromatic carbocycles. The van der Waals surface area contributed by atoms with Crippen LogP contribution in [0.25, 0.3) is 0 Å². The molecule has 0 spiro atoms. The lowest BCUT2D eigenvalue weighted by molar-refractivity contribution is -0.0349. The topological polar surface area (TPSA) is 29.5 Å². The highest BCUT2D eigenvalue weighted by Gasteiger charge is 2.55. The van der Waals surface area contributed by atoms with Gasteiger partial charge in [-0.1, -0.05) is 36.6 Å². The Bertz CT molecular complexity index is 690. The molecular weight excluding hydrogens is 310 g/mol. The third kappa shape index (κ3) is 2.76. The van der Waals surface area contributed by atoms with Gasteiger partial charge in [-0.25, -0.2) is 4.79 Å². The predicted octanol–water partition coefficient (Wildman–Crippen LogP) is 4.99. The van der Waals surface area contributed by atoms with Crippen LogP contribution in [0, 0.1) is 12.8 Å². The zero-order valence-electron chi connectivity index (χ0n) is 16.1. The van der Waals surface area contributed by atoms with Gasteiger partial charge in [-0.05, 0) is 70.4 Å². The summed E-state index contributed by atoms with van der Waals surface area (Å²) in [5, 5.41) is 0. The quantitative estimate of drug-likeness (QED) is 0.665. The number of aryl methyl sites for hydroxylation is 1. The molecule has 0 aromatic heterocycles. The maximum Gasteiger partial charge on any atom is 0.410 e. The molecule has 2 aliphatic carbocycles. The van der Waals surface area contributed by atoms with Crippen LogP contribution in [0.3, 0.4) is 0 Å². The van der Waals surface area contributed by atoms with Crippen LogP contribution >= 0.6 is 0 Å². The van der Waals surface area contributed by atoms with Gasteiger partial charge in [-0.2, -0.15) is 0 Å². The van der Waals surface area contributed by atoms with Crippen LogP contribution in [0.1, 0.15) is 69.6 Å². The molecule has 3 unspecified atom stereocenters. The Hall–Kier alpha value is -1.51. The standard InChI is InChI=1S/C22H31NO2/c1-15-8-9-16-14-19-17-7-5-6-10-22(17,18(16)13-15)11-12-23(19)20(24)25-21(2,3)4/h8-9,13,17,19H,5-7,10-12,14H2,1-4H3. The number of nitrogens with zero attached hydrogens (tertiary/aromatic N) is 1. The van der Waals surface area contributed by atoms with E-state index >= 15 is 0 Å². The van der Waals surface area contributed by atoms with Gasteiger partial charge >= 0.3 is 6.09 Å². The summed E-state index contributed by atoms with van der Waals surface area (Å²) in [6.45, 7) is 8.91. The van der Waals surface area contributed by atoms with E-state index in [1.165, 1.54) is 36.8 Å². The molecule has 1 saturated carbocycles. The van der Waals surface area contributed by atoms with Gasteiger partial charge in [0, 0.05) is 18.0 Å². The predicted molar refractivity (Wildman–Crippen MR) is 99.9 cm³/mol. The summed E-state index contributed by atoms with van der Waals surface area (Å²) < 4.78 is 5.74. The van der Waals surface area contributed by atoms with E-state index in [0.717, 1.165) is 19.4 Å². The van der Waals surface area contributed by atoms with E-state index in [1.807, 2.05) is 20.8 Å². The maximum absolute atomic E-state index is 12.9. The smallest absolute Gasteiger partial charge is 0.410 e. The molecular formula is C22H31NO2. The fourth-order valence-electron chi connectivity index (χ4n) is 5.67. The summed E-state index contributed by atoms with van der Waals surface area (Å²) in [6.07, 6.45) is 7.11. The summed E-state index contributed by atoms with van der Waals surface area (Å²) in [4.78, 5) is 14.9. The fraction of sp³-hybridized carbons (Fsp3) is 0.682. The van der Waals surface area contributed by atoms with Gasteiger partial charge in [0.2, 0.25) is 0 Å². The van der Waals surface area contributed by atoms with E-state index in [-0.39, 0.29) is 6.09 Å². The van der Waals surface area contributed by atoms with E-state index < -0.39 is 5.60 Å². The van der Waals surface area contributed by atoms with Crippen LogP contribution < -0.4 is 0 Å². The molecule has 1 aromatic rings. The second-order valence-corrected chi connectivity index (χ2v) is 9.36. The molecule has 3 nitrogen and oxygen atoms in total. The Kier molecular flexibility index (Phi) is 3.90. The molecule has 2 bridgehead atoms. The molecule has 1 amide bonds. The first-order valence-corrected chi connectivity index (χ1v) is 9.90. The molecule has 3 atom stereocenters. The van der Waals surface area contributed by atoms with E-state index in [1.54, 1.807) is 5.56 Å². The molecule has 0 N–H and O–H groups in total. The Morgan fingerprint density at radius 1 is 1.24 bits per heavy atom. The van der Waals surface area contributed by atoms with Crippen molar-refractivity contribution in [3.63, 3.8) is 0 Å². The Morgan fingerprint density at radius 2 is 2.04 bits per heavy atom. The van der Waals surface area contributed by atoms with Crippen molar-refractivity contribution in [1.82, 2.24) is 4.90 Å². The number of hydrogen-bond acceptors (Lipinski definition) is 2. The largest absolute Gasteiger partial charge is 0.444 e. The highest BCUT2D eigenvalue weighted by atomic mass is 16.6. The maximum atomic E-state index is 12.9. The minimum absolute atomic E-state index is 0.118. The van der Waals surface area contributed by atoms with Crippen LogP contribution in [0.2, 0.25) is 0 Å². The Balaban J connectivity index is 1.73. The van der Waals surface area contributed by atoms with E-state index in [9.17, 15) is 4.79 Å². The number of amides is 1. The third-order valence-electron chi connectivity index (χ3n) is 6.62. The third-order valence-corrected chi connectivity index (χ3v) is 6.62. The monoisotopic (exact) mass is 341 g/mol. The van der Waals surface area contributed by atoms with Crippen molar-refractivity contribution in [2.45, 2.75) is 83.3 Å². The number of carbonyl (C=O) groups is 1. The number of likely N-dealkylation sites (tertiary alicyclic amines) is 1. The average molecular weight is 341 g/mol. The van der Waals surface area contributed by atoms with Crippen LogP contribution in [0.15, 0.2) is 18.2 Å². The van der Waals surface area contributed by atoms with Gasteiger partial charge in [-0.15, -0.1) is 0 Å². The number of piperidine rings is 1. The highest BCUT2D eigenvalue weighted by molar-refractivity contribution is 5.69. The van der Waals surface area contributed by atoms with Crippen molar-refractivity contribution in [2.24, 2.45) is 5.92 Å². The fourth-order valence-corrected chi connectivity index (χ4v) is 5.67. The molecule has 25 heavy (non-hydrogen) atoms. The number of rotatable bonds is 0. The van der Waals surface area contributed by atoms with E-state index in [4.69, 9.17) is 4.74 Å². The highest BCUT2D eigenvalue weighted by Crippen LogP contribution is 2.56. The van der Waals surface area contributed by atoms with Crippen molar-refractivity contribution < 1.29 is 9.53 Å². The number of hydrogen-bond donors (Lipinski definition) is 0. The van der Waals surface area contributed by atoms with Crippen LogP contribution in [-0.4, -0.2) is 29.2 Å². The minimum Gasteiger partial charge on any atom is -0.444 e. The summed E-state index contributed by atoms with van der Waals surface area (Å²) in [7, 11) is 0. The molecule has 3 aliphatic rings. The molecule has 136 valence electrons. The zero-order valence-corrected chi connectivity index (χ0v) is 16.1. The molecule has 4 rings (SSSR count). The van der Waals surface area contributed by atoms with E-state index in [2.05, 4.69) is 30.0 Å². The summed E-state index contributed by atoms with van der Waals surface area (Å²) in [5.74, 6) is 0.594. The zero-order chi connectivity index (χ0) is 17.8. The van der Waals surface area contributed by atoms with Gasteiger partial charge < -0.3 is 9.64 Å². The van der Waals surface area contributed by atoms with Crippen LogP contribution in [0.4, 0.5) is 4.79 Å². The molecule has 1 aliphatic heterocycles. The van der Waals surface area contributed by atoms with Gasteiger partial charge in [0.25, 0.3) is 0 Å². The van der Waals surface area contributed by atoms with Crippen LogP contribution in [-0.2, 0) is 16.6 Å². The SMILES string of the molecule is Cc1ccc2c(c1)C13CCCCC1C(C2)N(C(=O)OC(C)(C)C)CC3. The lowest BCUT2D eigenvalue weighted by atomic mass is 9.52. The number of carbonyl (C=O) groups excluding carboxylic acids is 1. The first kappa shape index (κ1) is 16.9. The minimum atomic E-state index is -0.429. The molecule has 1 saturated heterocycles. The van der Waals surface area contributed by atoms with Gasteiger partial charge in [0.05, 0.1) is 0 Å². The van der Waals surface area contributed by atoms with Crippen molar-refractivity contribution >= 4 is 6.09 Å². The molecule has 0 radical (unpaired) electrons.